The quantitative estimate of drug-likeness (QED) is 0.0466. The van der Waals surface area contributed by atoms with Crippen LogP contribution in [0.4, 0.5) is 0 Å². The Morgan fingerprint density at radius 2 is 0.845 bits per heavy atom. The predicted molar refractivity (Wildman–Crippen MR) is 228 cm³/mol. The number of primary amides is 1. The van der Waals surface area contributed by atoms with Crippen molar-refractivity contribution in [2.45, 2.75) is 167 Å². The fourth-order valence-electron chi connectivity index (χ4n) is 6.88. The smallest absolute Gasteiger partial charge is 0.326 e. The lowest BCUT2D eigenvalue weighted by Crippen LogP contribution is -2.55. The van der Waals surface area contributed by atoms with Crippen LogP contribution in [0.15, 0.2) is 60.7 Å². The zero-order valence-electron chi connectivity index (χ0n) is 35.4. The van der Waals surface area contributed by atoms with Crippen molar-refractivity contribution in [2.24, 2.45) is 17.6 Å². The molecule has 2 aromatic rings. The van der Waals surface area contributed by atoms with Crippen LogP contribution >= 0.6 is 0 Å². The molecule has 0 aliphatic rings. The van der Waals surface area contributed by atoms with E-state index in [2.05, 4.69) is 21.3 Å². The van der Waals surface area contributed by atoms with Gasteiger partial charge in [-0.05, 0) is 35.8 Å². The van der Waals surface area contributed by atoms with Crippen molar-refractivity contribution in [1.29, 1.82) is 0 Å². The monoisotopic (exact) mass is 806 g/mol. The molecular formula is C46H71N5O7. The van der Waals surface area contributed by atoms with E-state index in [1.165, 1.54) is 0 Å². The van der Waals surface area contributed by atoms with E-state index in [4.69, 9.17) is 5.73 Å². The molecule has 0 radical (unpaired) electrons. The Bertz CT molecular complexity index is 1410. The minimum Gasteiger partial charge on any atom is -0.480 e. The Kier molecular flexibility index (Phi) is 24.4. The van der Waals surface area contributed by atoms with Gasteiger partial charge in [0.15, 0.2) is 0 Å². The number of hydrogen-bond acceptors (Lipinski definition) is 6. The Hall–Kier alpha value is -4.74. The Morgan fingerprint density at radius 3 is 1.17 bits per heavy atom. The molecular weight excluding hydrogens is 735 g/mol. The lowest BCUT2D eigenvalue weighted by Gasteiger charge is -2.26. The predicted octanol–water partition coefficient (Wildman–Crippen LogP) is 6.53. The van der Waals surface area contributed by atoms with Crippen LogP contribution in [0.3, 0.4) is 0 Å². The van der Waals surface area contributed by atoms with Crippen LogP contribution in [0.2, 0.25) is 0 Å². The maximum Gasteiger partial charge on any atom is 0.326 e. The maximum absolute atomic E-state index is 13.2. The summed E-state index contributed by atoms with van der Waals surface area (Å²) >= 11 is 0. The number of carbonyl (C=O) groups is 6. The number of aliphatic carboxylic acids is 1. The van der Waals surface area contributed by atoms with Crippen molar-refractivity contribution < 1.29 is 33.9 Å². The molecule has 2 rings (SSSR count). The Labute approximate surface area is 346 Å². The minimum atomic E-state index is -1.11. The summed E-state index contributed by atoms with van der Waals surface area (Å²) in [5.41, 5.74) is 7.29. The van der Waals surface area contributed by atoms with Crippen molar-refractivity contribution in [2.75, 3.05) is 0 Å². The third kappa shape index (κ3) is 20.1. The summed E-state index contributed by atoms with van der Waals surface area (Å²) in [4.78, 5) is 75.9. The molecule has 0 fully saturated rings. The second kappa shape index (κ2) is 28.6. The highest BCUT2D eigenvalue weighted by Gasteiger charge is 2.31. The number of benzene rings is 2. The van der Waals surface area contributed by atoms with Crippen molar-refractivity contribution >= 4 is 35.5 Å². The zero-order valence-corrected chi connectivity index (χ0v) is 35.4. The van der Waals surface area contributed by atoms with Crippen LogP contribution in [0, 0.1) is 11.8 Å². The van der Waals surface area contributed by atoms with Crippen LogP contribution in [0.25, 0.3) is 0 Å². The first-order valence-corrected chi connectivity index (χ1v) is 21.7. The van der Waals surface area contributed by atoms with Crippen LogP contribution < -0.4 is 27.0 Å². The Balaban J connectivity index is 1.56. The number of carboxylic acid groups (broad SMARTS) is 1. The number of carboxylic acids is 1. The zero-order chi connectivity index (χ0) is 42.7. The van der Waals surface area contributed by atoms with Gasteiger partial charge in [0.05, 0.1) is 0 Å². The first-order chi connectivity index (χ1) is 27.9. The van der Waals surface area contributed by atoms with E-state index in [9.17, 15) is 33.9 Å². The van der Waals surface area contributed by atoms with Gasteiger partial charge in [-0.25, -0.2) is 4.79 Å². The molecule has 322 valence electrons. The maximum atomic E-state index is 13.2. The highest BCUT2D eigenvalue weighted by atomic mass is 16.4. The van der Waals surface area contributed by atoms with E-state index in [-0.39, 0.29) is 36.5 Å². The third-order valence-electron chi connectivity index (χ3n) is 11.0. The molecule has 0 heterocycles. The molecule has 0 bridgehead atoms. The number of nitrogens with two attached hydrogens (primary N) is 1. The van der Waals surface area contributed by atoms with Gasteiger partial charge in [0, 0.05) is 25.7 Å². The van der Waals surface area contributed by atoms with E-state index in [1.54, 1.807) is 0 Å². The average Bonchev–Trinajstić information content (AvgIpc) is 3.21. The Morgan fingerprint density at radius 1 is 0.517 bits per heavy atom. The normalized spacial score (nSPS) is 14.2. The number of hydrogen-bond donors (Lipinski definition) is 6. The largest absolute Gasteiger partial charge is 0.480 e. The molecule has 0 saturated carbocycles. The standard InChI is InChI=1S/C46H71N5O7/c1-5-33(3)41(44(55)48-37(43(47)54)31-35-25-19-17-20-26-35)50-39(52)29-23-15-13-11-9-7-8-10-12-14-16-24-30-40(53)51-42(34(4)6-2)45(56)49-38(46(57)58)32-36-27-21-18-22-28-36/h17-22,25-28,33-34,37-38,41-42H,5-16,23-24,29-32H2,1-4H3,(H2,47,54)(H,48,55)(H,49,56)(H,50,52)(H,51,53)(H,57,58)/t33-,34-,37-,38-,41-,42-/m0/s1. The molecule has 0 unspecified atom stereocenters. The summed E-state index contributed by atoms with van der Waals surface area (Å²) in [7, 11) is 0. The van der Waals surface area contributed by atoms with E-state index in [0.29, 0.717) is 25.7 Å². The number of unbranched alkanes of at least 4 members (excludes halogenated alkanes) is 11. The molecule has 0 spiro atoms. The summed E-state index contributed by atoms with van der Waals surface area (Å²) in [6.07, 6.45) is 14.8. The lowest BCUT2D eigenvalue weighted by molar-refractivity contribution is -0.142. The van der Waals surface area contributed by atoms with Crippen molar-refractivity contribution in [1.82, 2.24) is 21.3 Å². The molecule has 12 heteroatoms. The fourth-order valence-corrected chi connectivity index (χ4v) is 6.88. The second-order valence-electron chi connectivity index (χ2n) is 15.8. The summed E-state index contributed by atoms with van der Waals surface area (Å²) in [5, 5.41) is 20.9. The minimum absolute atomic E-state index is 0.108. The van der Waals surface area contributed by atoms with Crippen molar-refractivity contribution in [3.63, 3.8) is 0 Å². The lowest BCUT2D eigenvalue weighted by atomic mass is 9.97. The molecule has 0 aliphatic heterocycles. The highest BCUT2D eigenvalue weighted by Crippen LogP contribution is 2.16. The summed E-state index contributed by atoms with van der Waals surface area (Å²) in [5.74, 6) is -3.21. The van der Waals surface area contributed by atoms with Gasteiger partial charge in [-0.3, -0.25) is 24.0 Å². The van der Waals surface area contributed by atoms with Crippen molar-refractivity contribution in [3.8, 4) is 0 Å². The van der Waals surface area contributed by atoms with E-state index < -0.39 is 47.9 Å². The molecule has 58 heavy (non-hydrogen) atoms. The van der Waals surface area contributed by atoms with Crippen LogP contribution in [-0.4, -0.2) is 64.8 Å². The van der Waals surface area contributed by atoms with Gasteiger partial charge in [0.2, 0.25) is 29.5 Å². The van der Waals surface area contributed by atoms with Crippen LogP contribution in [-0.2, 0) is 41.6 Å². The SMILES string of the molecule is CC[C@H](C)[C@H](NC(=O)CCCCCCCCCCCCCCC(=O)N[C@H](C(=O)N[C@@H](Cc1ccccc1)C(=O)O)[C@@H](C)CC)C(=O)N[C@@H](Cc1ccccc1)C(N)=O. The first-order valence-electron chi connectivity index (χ1n) is 21.7. The molecule has 5 amide bonds. The van der Waals surface area contributed by atoms with Gasteiger partial charge in [0.1, 0.15) is 24.2 Å². The summed E-state index contributed by atoms with van der Waals surface area (Å²) in [6, 6.07) is 15.0. The number of amides is 5. The molecule has 12 nitrogen and oxygen atoms in total. The molecule has 0 saturated heterocycles. The topological polar surface area (TPSA) is 197 Å². The number of carbonyl (C=O) groups excluding carboxylic acids is 5. The van der Waals surface area contributed by atoms with Crippen LogP contribution in [0.5, 0.6) is 0 Å². The van der Waals surface area contributed by atoms with Gasteiger partial charge in [-0.15, -0.1) is 0 Å². The molecule has 2 aromatic carbocycles. The van der Waals surface area contributed by atoms with E-state index >= 15 is 0 Å². The van der Waals surface area contributed by atoms with Gasteiger partial charge in [-0.2, -0.15) is 0 Å². The van der Waals surface area contributed by atoms with E-state index in [0.717, 1.165) is 88.2 Å². The summed E-state index contributed by atoms with van der Waals surface area (Å²) in [6.45, 7) is 7.69. The molecule has 0 aromatic heterocycles. The highest BCUT2D eigenvalue weighted by molar-refractivity contribution is 5.92. The third-order valence-corrected chi connectivity index (χ3v) is 11.0. The van der Waals surface area contributed by atoms with E-state index in [1.807, 2.05) is 88.4 Å². The average molecular weight is 806 g/mol. The fraction of sp³-hybridized carbons (Fsp3) is 0.609. The van der Waals surface area contributed by atoms with Gasteiger partial charge < -0.3 is 32.1 Å². The number of rotatable bonds is 31. The van der Waals surface area contributed by atoms with Gasteiger partial charge in [-0.1, -0.05) is 165 Å². The van der Waals surface area contributed by atoms with Crippen molar-refractivity contribution in [3.05, 3.63) is 71.8 Å². The van der Waals surface area contributed by atoms with Gasteiger partial charge in [0.25, 0.3) is 0 Å². The first kappa shape index (κ1) is 49.4. The van der Waals surface area contributed by atoms with Crippen LogP contribution in [0.1, 0.15) is 142 Å². The molecule has 6 atom stereocenters. The summed E-state index contributed by atoms with van der Waals surface area (Å²) < 4.78 is 0. The van der Waals surface area contributed by atoms with Gasteiger partial charge >= 0.3 is 5.97 Å². The molecule has 0 aliphatic carbocycles. The number of nitrogens with one attached hydrogen (secondary N) is 4. The second-order valence-corrected chi connectivity index (χ2v) is 15.8. The molecule has 7 N–H and O–H groups in total.